The summed E-state index contributed by atoms with van der Waals surface area (Å²) in [6.07, 6.45) is 7.24. The number of nitrogens with zero attached hydrogens (tertiary/aromatic N) is 3. The minimum Gasteiger partial charge on any atom is -0.507 e. The van der Waals surface area contributed by atoms with Crippen molar-refractivity contribution >= 4 is 34.1 Å². The van der Waals surface area contributed by atoms with E-state index in [1.807, 2.05) is 40.7 Å². The Balaban J connectivity index is 1.55. The van der Waals surface area contributed by atoms with Crippen LogP contribution in [0.1, 0.15) is 98.0 Å². The first-order valence-corrected chi connectivity index (χ1v) is 21.5. The van der Waals surface area contributed by atoms with Gasteiger partial charge in [0.1, 0.15) is 34.0 Å². The fraction of sp³-hybridized carbons (Fsp3) is 0.596. The van der Waals surface area contributed by atoms with E-state index >= 15 is 0 Å². The number of anilines is 1. The van der Waals surface area contributed by atoms with E-state index in [1.54, 1.807) is 32.1 Å². The lowest BCUT2D eigenvalue weighted by molar-refractivity contribution is -0.157. The van der Waals surface area contributed by atoms with Gasteiger partial charge in [0.2, 0.25) is 0 Å². The van der Waals surface area contributed by atoms with Crippen LogP contribution in [0.15, 0.2) is 46.1 Å². The zero-order chi connectivity index (χ0) is 44.9. The largest absolute Gasteiger partial charge is 0.507 e. The molecule has 0 unspecified atom stereocenters. The number of hydrogen-bond donors (Lipinski definition) is 4. The molecule has 1 spiro atoms. The Morgan fingerprint density at radius 2 is 1.66 bits per heavy atom. The topological polar surface area (TPSA) is 189 Å². The lowest BCUT2D eigenvalue weighted by atomic mass is 9.73. The van der Waals surface area contributed by atoms with Gasteiger partial charge in [0.25, 0.3) is 11.7 Å². The Hall–Kier alpha value is -4.79. The summed E-state index contributed by atoms with van der Waals surface area (Å²) in [5.74, 6) is -5.17. The normalized spacial score (nSPS) is 32.7. The second-order valence-electron chi connectivity index (χ2n) is 18.3. The van der Waals surface area contributed by atoms with Gasteiger partial charge < -0.3 is 44.5 Å². The number of allylic oxidation sites excluding steroid dienone is 2. The molecule has 2 aromatic carbocycles. The molecule has 6 rings (SSSR count). The molecule has 9 atom stereocenters. The van der Waals surface area contributed by atoms with Crippen molar-refractivity contribution in [1.29, 1.82) is 0 Å². The summed E-state index contributed by atoms with van der Waals surface area (Å²) in [7, 11) is 1.53. The molecular formula is C47H64N4O10. The highest BCUT2D eigenvalue weighted by Crippen LogP contribution is 2.51. The number of rotatable bonds is 4. The van der Waals surface area contributed by atoms with Gasteiger partial charge in [0.05, 0.1) is 35.1 Å². The maximum absolute atomic E-state index is 14.8. The number of likely N-dealkylation sites (tertiary alicyclic amines) is 1. The lowest BCUT2D eigenvalue weighted by Gasteiger charge is -2.39. The second-order valence-corrected chi connectivity index (χ2v) is 18.3. The van der Waals surface area contributed by atoms with Crippen molar-refractivity contribution < 1.29 is 48.7 Å². The van der Waals surface area contributed by atoms with Gasteiger partial charge in [-0.05, 0) is 43.6 Å². The van der Waals surface area contributed by atoms with Crippen LogP contribution in [0.5, 0.6) is 17.2 Å². The van der Waals surface area contributed by atoms with Crippen molar-refractivity contribution in [3.63, 3.8) is 0 Å². The number of piperidine rings is 1. The van der Waals surface area contributed by atoms with Gasteiger partial charge in [0.15, 0.2) is 5.75 Å². The van der Waals surface area contributed by atoms with Crippen LogP contribution < -0.4 is 20.8 Å². The quantitative estimate of drug-likeness (QED) is 0.207. The number of Topliss-reactive ketones (excluding diaryl/α,β-unsaturated/α-hetero) is 1. The van der Waals surface area contributed by atoms with Crippen LogP contribution in [-0.2, 0) is 23.8 Å². The molecule has 1 fully saturated rings. The predicted octanol–water partition coefficient (Wildman–Crippen LogP) is 6.02. The van der Waals surface area contributed by atoms with E-state index in [-0.39, 0.29) is 73.4 Å². The van der Waals surface area contributed by atoms with Crippen LogP contribution in [-0.4, -0.2) is 94.4 Å². The van der Waals surface area contributed by atoms with Gasteiger partial charge in [0, 0.05) is 81.8 Å². The van der Waals surface area contributed by atoms with Crippen LogP contribution in [0.25, 0.3) is 10.8 Å². The first-order valence-electron chi connectivity index (χ1n) is 21.5. The number of esters is 1. The van der Waals surface area contributed by atoms with Gasteiger partial charge in [-0.3, -0.25) is 19.4 Å². The third kappa shape index (κ3) is 8.55. The molecule has 2 aromatic rings. The first kappa shape index (κ1) is 45.7. The van der Waals surface area contributed by atoms with Gasteiger partial charge in [-0.2, -0.15) is 0 Å². The predicted molar refractivity (Wildman–Crippen MR) is 231 cm³/mol. The molecule has 61 heavy (non-hydrogen) atoms. The van der Waals surface area contributed by atoms with Crippen LogP contribution in [0.4, 0.5) is 5.69 Å². The molecule has 4 heterocycles. The maximum atomic E-state index is 14.8. The number of aliphatic hydroxyl groups excluding tert-OH is 1. The zero-order valence-electron chi connectivity index (χ0n) is 37.7. The fourth-order valence-electron chi connectivity index (χ4n) is 9.45. The van der Waals surface area contributed by atoms with E-state index in [0.29, 0.717) is 24.4 Å². The molecule has 4 aliphatic heterocycles. The molecule has 14 nitrogen and oxygen atoms in total. The number of benzene rings is 2. The monoisotopic (exact) mass is 844 g/mol. The standard InChI is InChI=1S/C47H64N4O10/c1-23(2)22-51-19-17-47(18-20-51)49-36-33-34-40(54)30(9)43-35(33)44(56)46(11,61-43)59-21-16-32(58-12)29(8)42(60-31(10)52)28(7)26(5)27(6)39(53)24(3)14-13-15-25(4)45(57)48-38(41(34)55)37(36)50-47/h13-16,21,23-24,26-29,32,39,42,49,53-55H,17-20,22H2,1-12H3/b14-13+,21-16+,25-15+,48-38?/t24-,26+,27-,28+,29+,32-,39-,42-,46-/m0/s1. The number of methoxy groups -OCH3 is 1. The molecule has 4 N–H and O–H groups in total. The summed E-state index contributed by atoms with van der Waals surface area (Å²) in [5, 5.41) is 39.3. The number of amides is 1. The molecule has 4 aliphatic rings. The van der Waals surface area contributed by atoms with E-state index in [9.17, 15) is 29.7 Å². The number of ketones is 1. The summed E-state index contributed by atoms with van der Waals surface area (Å²) < 4.78 is 24.3. The highest BCUT2D eigenvalue weighted by Gasteiger charge is 2.50. The van der Waals surface area contributed by atoms with Gasteiger partial charge >= 0.3 is 11.8 Å². The molecular weight excluding hydrogens is 781 g/mol. The Morgan fingerprint density at radius 3 is 2.28 bits per heavy atom. The number of phenols is 2. The summed E-state index contributed by atoms with van der Waals surface area (Å²) in [6, 6.07) is 0. The summed E-state index contributed by atoms with van der Waals surface area (Å²) in [5.41, 5.74) is 0.0278. The van der Waals surface area contributed by atoms with E-state index in [1.165, 1.54) is 27.2 Å². The molecule has 0 aromatic heterocycles. The van der Waals surface area contributed by atoms with Crippen molar-refractivity contribution in [3.8, 4) is 17.2 Å². The molecule has 332 valence electrons. The Labute approximate surface area is 358 Å². The summed E-state index contributed by atoms with van der Waals surface area (Å²) >= 11 is 0. The van der Waals surface area contributed by atoms with Gasteiger partial charge in [-0.15, -0.1) is 0 Å². The molecule has 14 heteroatoms. The van der Waals surface area contributed by atoms with Gasteiger partial charge in [-0.1, -0.05) is 66.7 Å². The fourth-order valence-corrected chi connectivity index (χ4v) is 9.45. The molecule has 1 amide bonds. The zero-order valence-corrected chi connectivity index (χ0v) is 37.7. The van der Waals surface area contributed by atoms with Crippen LogP contribution in [0, 0.1) is 42.4 Å². The van der Waals surface area contributed by atoms with Gasteiger partial charge in [-0.25, -0.2) is 4.99 Å². The minimum atomic E-state index is -1.91. The first-order chi connectivity index (χ1) is 28.6. The van der Waals surface area contributed by atoms with Crippen molar-refractivity contribution in [2.45, 2.75) is 119 Å². The highest BCUT2D eigenvalue weighted by molar-refractivity contribution is 6.21. The van der Waals surface area contributed by atoms with Crippen molar-refractivity contribution in [2.24, 2.45) is 45.5 Å². The van der Waals surface area contributed by atoms with Crippen LogP contribution >= 0.6 is 0 Å². The van der Waals surface area contributed by atoms with Crippen LogP contribution in [0.2, 0.25) is 0 Å². The van der Waals surface area contributed by atoms with Crippen molar-refractivity contribution in [2.75, 3.05) is 32.1 Å². The highest BCUT2D eigenvalue weighted by atomic mass is 16.7. The van der Waals surface area contributed by atoms with E-state index in [0.717, 1.165) is 19.6 Å². The van der Waals surface area contributed by atoms with E-state index < -0.39 is 59.1 Å². The number of hydrogen-bond acceptors (Lipinski definition) is 13. The number of nitrogens with one attached hydrogen (secondary N) is 1. The Morgan fingerprint density at radius 1 is 0.984 bits per heavy atom. The third-order valence-corrected chi connectivity index (χ3v) is 13.5. The number of ether oxygens (including phenoxy) is 4. The molecule has 0 aliphatic carbocycles. The molecule has 0 saturated carbocycles. The molecule has 1 saturated heterocycles. The second kappa shape index (κ2) is 17.5. The Bertz CT molecular complexity index is 2290. The number of aliphatic hydroxyl groups is 1. The third-order valence-electron chi connectivity index (χ3n) is 13.5. The van der Waals surface area contributed by atoms with Crippen LogP contribution in [0.3, 0.4) is 0 Å². The average Bonchev–Trinajstić information content (AvgIpc) is 3.71. The molecule has 4 bridgehead atoms. The number of carbonyl (C=O) groups excluding carboxylic acids is 3. The summed E-state index contributed by atoms with van der Waals surface area (Å²) in [4.78, 5) is 53.1. The van der Waals surface area contributed by atoms with E-state index in [2.05, 4.69) is 29.1 Å². The number of fused-ring (bicyclic) bond motifs is 1. The average molecular weight is 845 g/mol. The number of carbonyl (C=O) groups is 3. The smallest absolute Gasteiger partial charge is 0.312 e. The summed E-state index contributed by atoms with van der Waals surface area (Å²) in [6.45, 7) is 22.5. The Kier molecular flexibility index (Phi) is 13.1. The number of phenolic OH excluding ortho intramolecular Hbond substituents is 2. The molecule has 0 radical (unpaired) electrons. The minimum absolute atomic E-state index is 0.0728. The maximum Gasteiger partial charge on any atom is 0.312 e. The lowest BCUT2D eigenvalue weighted by Crippen LogP contribution is -2.47. The van der Waals surface area contributed by atoms with Crippen molar-refractivity contribution in [1.82, 2.24) is 4.90 Å². The van der Waals surface area contributed by atoms with E-state index in [4.69, 9.17) is 23.9 Å². The number of aromatic hydroxyl groups is 2. The SMILES string of the molecule is CO[C@H]1/C=C/O[C@@]2(C)Oc3c(C)c(O)c4c(O)c(c5c(c4c3C2=O)NC2(CCN(CC(C)C)CC2)N=5)=NC(=O)/C(C)=C/C=C/[C@H](C)[C@H](O)[C@@H](C)[C@@H](C)[C@@H](C)[C@H](OC(C)=O)[C@@H]1C. The van der Waals surface area contributed by atoms with Crippen molar-refractivity contribution in [3.05, 3.63) is 58.0 Å².